The van der Waals surface area contributed by atoms with Crippen LogP contribution >= 0.6 is 15.9 Å². The number of imidazole rings is 1. The van der Waals surface area contributed by atoms with Gasteiger partial charge in [0, 0.05) is 0 Å². The fourth-order valence-electron chi connectivity index (χ4n) is 2.08. The number of ether oxygens (including phenoxy) is 1. The van der Waals surface area contributed by atoms with Crippen molar-refractivity contribution in [2.75, 3.05) is 6.61 Å². The average molecular weight is 471 g/mol. The molecule has 0 aliphatic rings. The van der Waals surface area contributed by atoms with Crippen molar-refractivity contribution in [3.05, 3.63) is 33.8 Å². The Kier molecular flexibility index (Phi) is 5.47. The molecule has 2 aromatic rings. The molecule has 0 amide bonds. The first-order chi connectivity index (χ1) is 12.2. The number of halogens is 10. The summed E-state index contributed by atoms with van der Waals surface area (Å²) < 4.78 is 122. The smallest absolute Gasteiger partial charge is 0.458 e. The summed E-state index contributed by atoms with van der Waals surface area (Å²) in [4.78, 5) is 5.13. The van der Waals surface area contributed by atoms with E-state index in [4.69, 9.17) is 4.74 Å². The Morgan fingerprint density at radius 2 is 1.67 bits per heavy atom. The zero-order valence-electron chi connectivity index (χ0n) is 13.0. The minimum Gasteiger partial charge on any atom is -0.493 e. The van der Waals surface area contributed by atoms with Crippen LogP contribution in [0.5, 0.6) is 5.75 Å². The fourth-order valence-corrected chi connectivity index (χ4v) is 2.58. The highest BCUT2D eigenvalue weighted by Crippen LogP contribution is 2.48. The van der Waals surface area contributed by atoms with E-state index in [9.17, 15) is 39.5 Å². The van der Waals surface area contributed by atoms with Gasteiger partial charge in [-0.25, -0.2) is 9.37 Å². The molecule has 1 aromatic carbocycles. The molecule has 1 heterocycles. The largest absolute Gasteiger partial charge is 0.493 e. The average Bonchev–Trinajstić information content (AvgIpc) is 2.89. The molecular formula is C14H8BrF9N2O. The molecule has 2 rings (SSSR count). The van der Waals surface area contributed by atoms with Gasteiger partial charge in [-0.1, -0.05) is 0 Å². The second kappa shape index (κ2) is 6.91. The van der Waals surface area contributed by atoms with Gasteiger partial charge in [0.25, 0.3) is 0 Å². The van der Waals surface area contributed by atoms with Gasteiger partial charge >= 0.3 is 18.3 Å². The van der Waals surface area contributed by atoms with E-state index in [2.05, 4.69) is 20.9 Å². The van der Waals surface area contributed by atoms with Gasteiger partial charge in [-0.2, -0.15) is 35.1 Å². The fraction of sp³-hybridized carbons (Fsp3) is 0.357. The van der Waals surface area contributed by atoms with Gasteiger partial charge in [0.2, 0.25) is 0 Å². The van der Waals surface area contributed by atoms with E-state index in [0.29, 0.717) is 6.07 Å². The predicted octanol–water partition coefficient (Wildman–Crippen LogP) is 6.05. The summed E-state index contributed by atoms with van der Waals surface area (Å²) in [5.41, 5.74) is -3.98. The van der Waals surface area contributed by atoms with Crippen LogP contribution in [0.1, 0.15) is 18.2 Å². The van der Waals surface area contributed by atoms with E-state index in [0.717, 1.165) is 0 Å². The molecule has 3 nitrogen and oxygen atoms in total. The molecular weight excluding hydrogens is 463 g/mol. The van der Waals surface area contributed by atoms with Crippen molar-refractivity contribution in [1.29, 1.82) is 0 Å². The van der Waals surface area contributed by atoms with E-state index in [1.54, 1.807) is 4.98 Å². The van der Waals surface area contributed by atoms with E-state index in [1.807, 2.05) is 0 Å². The number of hydrogen-bond acceptors (Lipinski definition) is 2. The number of aromatic amines is 1. The summed E-state index contributed by atoms with van der Waals surface area (Å²) in [6.07, 6.45) is -10.9. The zero-order valence-corrected chi connectivity index (χ0v) is 14.6. The molecule has 0 radical (unpaired) electrons. The second-order valence-electron chi connectivity index (χ2n) is 5.08. The molecule has 0 aliphatic carbocycles. The molecule has 13 heteroatoms. The Bertz CT molecular complexity index is 842. The Labute approximate surface area is 153 Å². The van der Waals surface area contributed by atoms with Crippen molar-refractivity contribution in [3.63, 3.8) is 0 Å². The lowest BCUT2D eigenvalue weighted by Crippen LogP contribution is -2.34. The highest BCUT2D eigenvalue weighted by atomic mass is 79.9. The molecule has 150 valence electrons. The number of nitrogens with zero attached hydrogens (tertiary/aromatic N) is 1. The third-order valence-corrected chi connectivity index (χ3v) is 3.84. The highest BCUT2D eigenvalue weighted by molar-refractivity contribution is 9.10. The van der Waals surface area contributed by atoms with Gasteiger partial charge in [-0.15, -0.1) is 0 Å². The van der Waals surface area contributed by atoms with Crippen LogP contribution in [0.2, 0.25) is 0 Å². The molecule has 0 bridgehead atoms. The lowest BCUT2D eigenvalue weighted by molar-refractivity contribution is -0.289. The van der Waals surface area contributed by atoms with Crippen molar-refractivity contribution in [1.82, 2.24) is 9.97 Å². The van der Waals surface area contributed by atoms with Gasteiger partial charge in [0.1, 0.15) is 22.0 Å². The Morgan fingerprint density at radius 3 is 2.11 bits per heavy atom. The Hall–Kier alpha value is -1.92. The lowest BCUT2D eigenvalue weighted by atomic mass is 10.0. The van der Waals surface area contributed by atoms with Crippen molar-refractivity contribution >= 4 is 15.9 Å². The summed E-state index contributed by atoms with van der Waals surface area (Å²) in [5.74, 6) is -8.88. The first kappa shape index (κ1) is 21.4. The summed E-state index contributed by atoms with van der Waals surface area (Å²) in [6.45, 7) is 0.908. The molecule has 0 saturated heterocycles. The summed E-state index contributed by atoms with van der Waals surface area (Å²) >= 11 is 2.51. The van der Waals surface area contributed by atoms with Gasteiger partial charge in [0.05, 0.1) is 17.7 Å². The molecule has 0 spiro atoms. The lowest BCUT2D eigenvalue weighted by Gasteiger charge is -2.23. The highest BCUT2D eigenvalue weighted by Gasteiger charge is 2.60. The van der Waals surface area contributed by atoms with Gasteiger partial charge in [-0.05, 0) is 35.0 Å². The molecule has 0 saturated carbocycles. The number of rotatable bonds is 4. The normalized spacial score (nSPS) is 13.1. The van der Waals surface area contributed by atoms with Crippen molar-refractivity contribution in [2.45, 2.75) is 25.2 Å². The quantitative estimate of drug-likeness (QED) is 0.552. The minimum absolute atomic E-state index is 0.141. The topological polar surface area (TPSA) is 37.9 Å². The van der Waals surface area contributed by atoms with Crippen LogP contribution in [-0.4, -0.2) is 22.8 Å². The molecule has 0 atom stereocenters. The van der Waals surface area contributed by atoms with Crippen LogP contribution in [0, 0.1) is 5.82 Å². The van der Waals surface area contributed by atoms with E-state index >= 15 is 0 Å². The van der Waals surface area contributed by atoms with Crippen LogP contribution in [-0.2, 0) is 12.1 Å². The van der Waals surface area contributed by atoms with Crippen molar-refractivity contribution < 1.29 is 44.3 Å². The number of H-pyrrole nitrogens is 1. The SMILES string of the molecule is CCOc1cc(-c2nc(Br)c(C(F)(F)F)[nH]2)c(F)cc1C(F)(F)C(F)(F)F. The maximum absolute atomic E-state index is 14.2. The zero-order chi connectivity index (χ0) is 20.8. The van der Waals surface area contributed by atoms with E-state index < -0.39 is 57.1 Å². The number of aromatic nitrogens is 2. The van der Waals surface area contributed by atoms with Crippen LogP contribution < -0.4 is 4.74 Å². The molecule has 0 aliphatic heterocycles. The number of benzene rings is 1. The number of alkyl halides is 8. The maximum Gasteiger partial charge on any atom is 0.458 e. The van der Waals surface area contributed by atoms with Gasteiger partial charge in [0.15, 0.2) is 5.69 Å². The molecule has 27 heavy (non-hydrogen) atoms. The summed E-state index contributed by atoms with van der Waals surface area (Å²) in [7, 11) is 0. The number of hydrogen-bond donors (Lipinski definition) is 1. The predicted molar refractivity (Wildman–Crippen MR) is 77.8 cm³/mol. The van der Waals surface area contributed by atoms with Crippen LogP contribution in [0.4, 0.5) is 39.5 Å². The third-order valence-electron chi connectivity index (χ3n) is 3.26. The third kappa shape index (κ3) is 4.01. The first-order valence-corrected chi connectivity index (χ1v) is 7.73. The van der Waals surface area contributed by atoms with Crippen molar-refractivity contribution in [2.24, 2.45) is 0 Å². The molecule has 1 aromatic heterocycles. The maximum atomic E-state index is 14.2. The van der Waals surface area contributed by atoms with Crippen LogP contribution in [0.25, 0.3) is 11.4 Å². The van der Waals surface area contributed by atoms with E-state index in [-0.39, 0.29) is 12.7 Å². The summed E-state index contributed by atoms with van der Waals surface area (Å²) in [5, 5.41) is 0. The molecule has 0 fully saturated rings. The van der Waals surface area contributed by atoms with E-state index in [1.165, 1.54) is 6.92 Å². The van der Waals surface area contributed by atoms with Crippen LogP contribution in [0.15, 0.2) is 16.7 Å². The Morgan fingerprint density at radius 1 is 1.07 bits per heavy atom. The van der Waals surface area contributed by atoms with Crippen molar-refractivity contribution in [3.8, 4) is 17.1 Å². The Balaban J connectivity index is 2.67. The first-order valence-electron chi connectivity index (χ1n) is 6.94. The van der Waals surface area contributed by atoms with Gasteiger partial charge < -0.3 is 9.72 Å². The summed E-state index contributed by atoms with van der Waals surface area (Å²) in [6, 6.07) is 0.288. The molecule has 1 N–H and O–H groups in total. The molecule has 0 unspecified atom stereocenters. The standard InChI is InChI=1S/C14H8BrF9N2O/c1-2-27-8-3-5(11-25-9(10(15)26-11)13(19,20)21)7(16)4-6(8)12(17,18)14(22,23)24/h3-4H,2H2,1H3,(H,25,26). The van der Waals surface area contributed by atoms with Crippen LogP contribution in [0.3, 0.4) is 0 Å². The monoisotopic (exact) mass is 470 g/mol. The second-order valence-corrected chi connectivity index (χ2v) is 5.83. The number of nitrogens with one attached hydrogen (secondary N) is 1. The van der Waals surface area contributed by atoms with Gasteiger partial charge in [-0.3, -0.25) is 0 Å². The minimum atomic E-state index is -6.04.